The van der Waals surface area contributed by atoms with Crippen LogP contribution in [0, 0.1) is 5.82 Å². The summed E-state index contributed by atoms with van der Waals surface area (Å²) in [5, 5.41) is 3.18. The molecule has 1 N–H and O–H groups in total. The summed E-state index contributed by atoms with van der Waals surface area (Å²) in [4.78, 5) is 20.1. The Morgan fingerprint density at radius 3 is 2.60 bits per heavy atom. The van der Waals surface area contributed by atoms with Crippen molar-refractivity contribution in [3.8, 4) is 0 Å². The van der Waals surface area contributed by atoms with E-state index in [9.17, 15) is 9.18 Å². The Kier molecular flexibility index (Phi) is 6.72. The lowest BCUT2D eigenvalue weighted by atomic mass is 9.73. The van der Waals surface area contributed by atoms with Gasteiger partial charge in [0.25, 0.3) is 0 Å². The second-order valence-electron chi connectivity index (χ2n) is 7.87. The van der Waals surface area contributed by atoms with Crippen LogP contribution in [0.15, 0.2) is 48.8 Å². The molecule has 0 spiro atoms. The summed E-state index contributed by atoms with van der Waals surface area (Å²) < 4.78 is 25.0. The summed E-state index contributed by atoms with van der Waals surface area (Å²) in [6.45, 7) is 4.39. The fourth-order valence-corrected chi connectivity index (χ4v) is 4.43. The lowest BCUT2D eigenvalue weighted by molar-refractivity contribution is -0.130. The molecule has 6 nitrogen and oxygen atoms in total. The van der Waals surface area contributed by atoms with E-state index < -0.39 is 5.41 Å². The molecule has 4 rings (SSSR count). The molecule has 2 aromatic rings. The van der Waals surface area contributed by atoms with Gasteiger partial charge in [0.15, 0.2) is 0 Å². The number of halogens is 1. The first kappa shape index (κ1) is 20.9. The Labute approximate surface area is 176 Å². The summed E-state index contributed by atoms with van der Waals surface area (Å²) in [6.07, 6.45) is 4.68. The van der Waals surface area contributed by atoms with Crippen LogP contribution in [0.1, 0.15) is 30.0 Å². The SMILES string of the molecule is O=C(NC[C@@H](c1cccnc1)N1CCOCC1)C1(c2cccc(F)c2)CCOCC1. The fourth-order valence-electron chi connectivity index (χ4n) is 4.43. The van der Waals surface area contributed by atoms with Gasteiger partial charge in [-0.05, 0) is 42.2 Å². The summed E-state index contributed by atoms with van der Waals surface area (Å²) >= 11 is 0. The van der Waals surface area contributed by atoms with E-state index in [1.807, 2.05) is 24.4 Å². The summed E-state index contributed by atoms with van der Waals surface area (Å²) in [5.41, 5.74) is 1.00. The molecule has 160 valence electrons. The minimum atomic E-state index is -0.773. The maximum absolute atomic E-state index is 13.9. The Balaban J connectivity index is 1.55. The smallest absolute Gasteiger partial charge is 0.230 e. The van der Waals surface area contributed by atoms with Crippen LogP contribution in [-0.4, -0.2) is 61.9 Å². The minimum Gasteiger partial charge on any atom is -0.381 e. The molecule has 0 bridgehead atoms. The molecule has 0 unspecified atom stereocenters. The third kappa shape index (κ3) is 4.53. The second-order valence-corrected chi connectivity index (χ2v) is 7.87. The number of pyridine rings is 1. The number of carbonyl (C=O) groups excluding carboxylic acids is 1. The van der Waals surface area contributed by atoms with Gasteiger partial charge in [-0.25, -0.2) is 4.39 Å². The normalized spacial score (nSPS) is 20.4. The lowest BCUT2D eigenvalue weighted by Crippen LogP contribution is -2.51. The maximum atomic E-state index is 13.9. The van der Waals surface area contributed by atoms with Gasteiger partial charge in [0, 0.05) is 45.2 Å². The maximum Gasteiger partial charge on any atom is 0.230 e. The Morgan fingerprint density at radius 1 is 1.13 bits per heavy atom. The van der Waals surface area contributed by atoms with Crippen LogP contribution in [0.25, 0.3) is 0 Å². The number of carbonyl (C=O) groups is 1. The number of rotatable bonds is 6. The number of amides is 1. The van der Waals surface area contributed by atoms with Crippen molar-refractivity contribution in [1.29, 1.82) is 0 Å². The van der Waals surface area contributed by atoms with Crippen molar-refractivity contribution in [2.75, 3.05) is 46.1 Å². The molecular formula is C23H28FN3O3. The number of ether oxygens (including phenoxy) is 2. The van der Waals surface area contributed by atoms with Gasteiger partial charge in [-0.2, -0.15) is 0 Å². The van der Waals surface area contributed by atoms with Crippen molar-refractivity contribution in [3.05, 3.63) is 65.7 Å². The van der Waals surface area contributed by atoms with Gasteiger partial charge in [0.2, 0.25) is 5.91 Å². The number of hydrogen-bond acceptors (Lipinski definition) is 5. The average molecular weight is 413 g/mol. The van der Waals surface area contributed by atoms with E-state index in [0.29, 0.717) is 51.4 Å². The zero-order chi connectivity index (χ0) is 20.8. The first-order chi connectivity index (χ1) is 14.7. The topological polar surface area (TPSA) is 63.7 Å². The lowest BCUT2D eigenvalue weighted by Gasteiger charge is -2.38. The van der Waals surface area contributed by atoms with E-state index in [1.165, 1.54) is 12.1 Å². The van der Waals surface area contributed by atoms with Gasteiger partial charge in [0.05, 0.1) is 24.7 Å². The van der Waals surface area contributed by atoms with Crippen molar-refractivity contribution in [2.45, 2.75) is 24.3 Å². The first-order valence-electron chi connectivity index (χ1n) is 10.5. The Morgan fingerprint density at radius 2 is 1.90 bits per heavy atom. The molecule has 7 heteroatoms. The van der Waals surface area contributed by atoms with Gasteiger partial charge >= 0.3 is 0 Å². The molecule has 2 saturated heterocycles. The van der Waals surface area contributed by atoms with E-state index in [-0.39, 0.29) is 17.8 Å². The molecule has 3 heterocycles. The second kappa shape index (κ2) is 9.64. The van der Waals surface area contributed by atoms with Gasteiger partial charge in [-0.15, -0.1) is 0 Å². The van der Waals surface area contributed by atoms with Crippen molar-refractivity contribution in [1.82, 2.24) is 15.2 Å². The molecule has 2 aliphatic rings. The van der Waals surface area contributed by atoms with Crippen molar-refractivity contribution in [2.24, 2.45) is 0 Å². The molecule has 2 aliphatic heterocycles. The molecule has 1 aromatic heterocycles. The summed E-state index contributed by atoms with van der Waals surface area (Å²) in [5.74, 6) is -0.397. The predicted octanol–water partition coefficient (Wildman–Crippen LogP) is 2.46. The van der Waals surface area contributed by atoms with Crippen molar-refractivity contribution < 1.29 is 18.7 Å². The highest BCUT2D eigenvalue weighted by atomic mass is 19.1. The summed E-state index contributed by atoms with van der Waals surface area (Å²) in [6, 6.07) is 10.4. The Bertz CT molecular complexity index is 837. The van der Waals surface area contributed by atoms with E-state index in [4.69, 9.17) is 9.47 Å². The number of nitrogens with zero attached hydrogens (tertiary/aromatic N) is 2. The highest BCUT2D eigenvalue weighted by Gasteiger charge is 2.42. The third-order valence-electron chi connectivity index (χ3n) is 6.17. The molecular weight excluding hydrogens is 385 g/mol. The standard InChI is InChI=1S/C23H28FN3O3/c24-20-5-1-4-19(15-20)23(6-11-29-12-7-23)22(28)26-17-21(18-3-2-8-25-16-18)27-9-13-30-14-10-27/h1-5,8,15-16,21H,6-7,9-14,17H2,(H,26,28)/t21-/m0/s1. The molecule has 0 radical (unpaired) electrons. The zero-order valence-electron chi connectivity index (χ0n) is 17.1. The molecule has 1 amide bonds. The monoisotopic (exact) mass is 413 g/mol. The zero-order valence-corrected chi connectivity index (χ0v) is 17.1. The van der Waals surface area contributed by atoms with E-state index in [1.54, 1.807) is 12.3 Å². The highest BCUT2D eigenvalue weighted by Crippen LogP contribution is 2.36. The number of benzene rings is 1. The molecule has 1 aromatic carbocycles. The number of aromatic nitrogens is 1. The summed E-state index contributed by atoms with van der Waals surface area (Å²) in [7, 11) is 0. The van der Waals surface area contributed by atoms with Gasteiger partial charge in [0.1, 0.15) is 5.82 Å². The molecule has 2 fully saturated rings. The van der Waals surface area contributed by atoms with E-state index in [0.717, 1.165) is 18.7 Å². The molecule has 30 heavy (non-hydrogen) atoms. The van der Waals surface area contributed by atoms with Crippen LogP contribution in [-0.2, 0) is 19.7 Å². The largest absolute Gasteiger partial charge is 0.381 e. The molecule has 0 saturated carbocycles. The van der Waals surface area contributed by atoms with Crippen LogP contribution in [0.5, 0.6) is 0 Å². The molecule has 0 aliphatic carbocycles. The van der Waals surface area contributed by atoms with Crippen LogP contribution in [0.2, 0.25) is 0 Å². The van der Waals surface area contributed by atoms with Gasteiger partial charge < -0.3 is 14.8 Å². The van der Waals surface area contributed by atoms with E-state index in [2.05, 4.69) is 15.2 Å². The van der Waals surface area contributed by atoms with Gasteiger partial charge in [-0.1, -0.05) is 18.2 Å². The van der Waals surface area contributed by atoms with Crippen LogP contribution >= 0.6 is 0 Å². The average Bonchev–Trinajstić information content (AvgIpc) is 2.81. The van der Waals surface area contributed by atoms with Crippen molar-refractivity contribution in [3.63, 3.8) is 0 Å². The predicted molar refractivity (Wildman–Crippen MR) is 111 cm³/mol. The minimum absolute atomic E-state index is 0.0101. The number of hydrogen-bond donors (Lipinski definition) is 1. The van der Waals surface area contributed by atoms with E-state index >= 15 is 0 Å². The van der Waals surface area contributed by atoms with Gasteiger partial charge in [-0.3, -0.25) is 14.7 Å². The quantitative estimate of drug-likeness (QED) is 0.788. The number of morpholine rings is 1. The van der Waals surface area contributed by atoms with Crippen molar-refractivity contribution >= 4 is 5.91 Å². The fraction of sp³-hybridized carbons (Fsp3) is 0.478. The first-order valence-corrected chi connectivity index (χ1v) is 10.5. The Hall–Kier alpha value is -2.35. The van der Waals surface area contributed by atoms with Crippen LogP contribution in [0.3, 0.4) is 0 Å². The number of nitrogens with one attached hydrogen (secondary N) is 1. The highest BCUT2D eigenvalue weighted by molar-refractivity contribution is 5.88. The van der Waals surface area contributed by atoms with Crippen LogP contribution in [0.4, 0.5) is 4.39 Å². The van der Waals surface area contributed by atoms with Crippen LogP contribution < -0.4 is 5.32 Å². The third-order valence-corrected chi connectivity index (χ3v) is 6.17. The molecule has 1 atom stereocenters.